The molecule has 1 aliphatic heterocycles. The van der Waals surface area contributed by atoms with Crippen molar-refractivity contribution in [1.29, 1.82) is 0 Å². The molecule has 5 nitrogen and oxygen atoms in total. The first-order valence-electron chi connectivity index (χ1n) is 7.07. The first-order valence-corrected chi connectivity index (χ1v) is 7.07. The van der Waals surface area contributed by atoms with Gasteiger partial charge >= 0.3 is 12.0 Å². The van der Waals surface area contributed by atoms with Crippen LogP contribution in [0, 0.1) is 17.3 Å². The molecule has 2 rings (SSSR count). The summed E-state index contributed by atoms with van der Waals surface area (Å²) in [5.41, 5.74) is -0.489. The van der Waals surface area contributed by atoms with Crippen molar-refractivity contribution in [2.24, 2.45) is 17.3 Å². The van der Waals surface area contributed by atoms with E-state index in [0.29, 0.717) is 11.8 Å². The molecule has 0 aromatic carbocycles. The Kier molecular flexibility index (Phi) is 3.74. The molecule has 2 unspecified atom stereocenters. The predicted octanol–water partition coefficient (Wildman–Crippen LogP) is 1.93. The third-order valence-electron chi connectivity index (χ3n) is 4.39. The Morgan fingerprint density at radius 1 is 1.21 bits per heavy atom. The molecule has 108 valence electrons. The maximum Gasteiger partial charge on any atom is 0.326 e. The number of hydrogen-bond acceptors (Lipinski definition) is 2. The minimum Gasteiger partial charge on any atom is -0.480 e. The molecule has 0 aromatic heterocycles. The van der Waals surface area contributed by atoms with Gasteiger partial charge in [0.15, 0.2) is 0 Å². The molecule has 0 aromatic rings. The molecule has 1 aliphatic carbocycles. The lowest BCUT2D eigenvalue weighted by Gasteiger charge is -2.30. The summed E-state index contributed by atoms with van der Waals surface area (Å²) in [5.74, 6) is 0.285. The summed E-state index contributed by atoms with van der Waals surface area (Å²) >= 11 is 0. The molecule has 3 atom stereocenters. The lowest BCUT2D eigenvalue weighted by atomic mass is 9.87. The number of nitrogens with one attached hydrogen (secondary N) is 1. The van der Waals surface area contributed by atoms with Gasteiger partial charge in [0.1, 0.15) is 6.04 Å². The number of hydrogen-bond donors (Lipinski definition) is 2. The van der Waals surface area contributed by atoms with E-state index in [0.717, 1.165) is 13.1 Å². The molecule has 2 amide bonds. The van der Waals surface area contributed by atoms with Crippen molar-refractivity contribution < 1.29 is 14.7 Å². The molecule has 2 fully saturated rings. The highest BCUT2D eigenvalue weighted by Gasteiger charge is 2.40. The first kappa shape index (κ1) is 14.2. The molecule has 1 saturated heterocycles. The number of carboxylic acid groups (broad SMARTS) is 1. The van der Waals surface area contributed by atoms with Crippen molar-refractivity contribution in [2.75, 3.05) is 13.1 Å². The highest BCUT2D eigenvalue weighted by atomic mass is 16.4. The average molecular weight is 268 g/mol. The number of urea groups is 1. The van der Waals surface area contributed by atoms with Gasteiger partial charge in [0.2, 0.25) is 0 Å². The average Bonchev–Trinajstić information content (AvgIpc) is 2.82. The van der Waals surface area contributed by atoms with Crippen LogP contribution in [-0.4, -0.2) is 41.1 Å². The molecule has 5 heteroatoms. The quantitative estimate of drug-likeness (QED) is 0.804. The number of rotatable bonds is 2. The highest BCUT2D eigenvalue weighted by Crippen LogP contribution is 2.37. The molecule has 19 heavy (non-hydrogen) atoms. The second-order valence-corrected chi connectivity index (χ2v) is 6.94. The summed E-state index contributed by atoms with van der Waals surface area (Å²) in [6.07, 6.45) is 3.68. The number of carboxylic acids is 1. The summed E-state index contributed by atoms with van der Waals surface area (Å²) in [6, 6.07) is -1.07. The molecule has 1 saturated carbocycles. The Morgan fingerprint density at radius 2 is 1.74 bits per heavy atom. The van der Waals surface area contributed by atoms with Gasteiger partial charge in [-0.2, -0.15) is 0 Å². The Hall–Kier alpha value is -1.26. The number of fused-ring (bicyclic) bond motifs is 1. The second kappa shape index (κ2) is 5.02. The van der Waals surface area contributed by atoms with Crippen molar-refractivity contribution in [3.8, 4) is 0 Å². The third kappa shape index (κ3) is 3.01. The normalized spacial score (nSPS) is 28.1. The standard InChI is InChI=1S/C14H24N2O3/c1-14(2,3)11(12(17)18)15-13(19)16-7-9-5-4-6-10(9)8-16/h9-11H,4-8H2,1-3H3,(H,15,19)(H,17,18)/t9?,10?,11-/m0/s1. The topological polar surface area (TPSA) is 69.6 Å². The van der Waals surface area contributed by atoms with E-state index in [-0.39, 0.29) is 6.03 Å². The summed E-state index contributed by atoms with van der Waals surface area (Å²) in [5, 5.41) is 11.9. The number of carbonyl (C=O) groups excluding carboxylic acids is 1. The molecule has 0 bridgehead atoms. The van der Waals surface area contributed by atoms with E-state index < -0.39 is 17.4 Å². The number of likely N-dealkylation sites (tertiary alicyclic amines) is 1. The number of carbonyl (C=O) groups is 2. The van der Waals surface area contributed by atoms with Gasteiger partial charge in [0.25, 0.3) is 0 Å². The van der Waals surface area contributed by atoms with Crippen LogP contribution in [0.5, 0.6) is 0 Å². The van der Waals surface area contributed by atoms with Gasteiger partial charge in [-0.1, -0.05) is 27.2 Å². The molecular weight excluding hydrogens is 244 g/mol. The fourth-order valence-corrected chi connectivity index (χ4v) is 3.26. The van der Waals surface area contributed by atoms with Gasteiger partial charge in [0.05, 0.1) is 0 Å². The molecular formula is C14H24N2O3. The van der Waals surface area contributed by atoms with Crippen LogP contribution in [0.2, 0.25) is 0 Å². The van der Waals surface area contributed by atoms with E-state index in [9.17, 15) is 14.7 Å². The maximum absolute atomic E-state index is 12.2. The minimum absolute atomic E-state index is 0.225. The number of aliphatic carboxylic acids is 1. The predicted molar refractivity (Wildman–Crippen MR) is 71.8 cm³/mol. The van der Waals surface area contributed by atoms with Gasteiger partial charge in [-0.3, -0.25) is 0 Å². The van der Waals surface area contributed by atoms with Crippen LogP contribution in [0.4, 0.5) is 4.79 Å². The lowest BCUT2D eigenvalue weighted by Crippen LogP contribution is -2.53. The van der Waals surface area contributed by atoms with Crippen LogP contribution >= 0.6 is 0 Å². The summed E-state index contributed by atoms with van der Waals surface area (Å²) < 4.78 is 0. The van der Waals surface area contributed by atoms with Crippen molar-refractivity contribution in [3.63, 3.8) is 0 Å². The van der Waals surface area contributed by atoms with E-state index in [2.05, 4.69) is 5.32 Å². The zero-order valence-corrected chi connectivity index (χ0v) is 12.0. The van der Waals surface area contributed by atoms with E-state index in [1.807, 2.05) is 20.8 Å². The fourth-order valence-electron chi connectivity index (χ4n) is 3.26. The SMILES string of the molecule is CC(C)(C)[C@@H](NC(=O)N1CC2CCCC2C1)C(=O)O. The highest BCUT2D eigenvalue weighted by molar-refractivity contribution is 5.83. The Bertz CT molecular complexity index is 363. The number of amides is 2. The van der Waals surface area contributed by atoms with Gasteiger partial charge in [-0.25, -0.2) is 9.59 Å². The Balaban J connectivity index is 1.95. The molecule has 2 N–H and O–H groups in total. The second-order valence-electron chi connectivity index (χ2n) is 6.94. The summed E-state index contributed by atoms with van der Waals surface area (Å²) in [4.78, 5) is 25.2. The van der Waals surface area contributed by atoms with Crippen LogP contribution in [0.15, 0.2) is 0 Å². The van der Waals surface area contributed by atoms with Gasteiger partial charge < -0.3 is 15.3 Å². The van der Waals surface area contributed by atoms with Crippen molar-refractivity contribution in [3.05, 3.63) is 0 Å². The Morgan fingerprint density at radius 3 is 2.16 bits per heavy atom. The van der Waals surface area contributed by atoms with Gasteiger partial charge in [-0.05, 0) is 30.1 Å². The zero-order valence-electron chi connectivity index (χ0n) is 12.0. The molecule has 0 spiro atoms. The maximum atomic E-state index is 12.2. The van der Waals surface area contributed by atoms with Crippen LogP contribution in [0.1, 0.15) is 40.0 Å². The van der Waals surface area contributed by atoms with E-state index in [1.165, 1.54) is 19.3 Å². The third-order valence-corrected chi connectivity index (χ3v) is 4.39. The summed E-state index contributed by atoms with van der Waals surface area (Å²) in [7, 11) is 0. The summed E-state index contributed by atoms with van der Waals surface area (Å²) in [6.45, 7) is 7.04. The smallest absolute Gasteiger partial charge is 0.326 e. The number of nitrogens with zero attached hydrogens (tertiary/aromatic N) is 1. The zero-order chi connectivity index (χ0) is 14.2. The largest absolute Gasteiger partial charge is 0.480 e. The van der Waals surface area contributed by atoms with E-state index in [4.69, 9.17) is 0 Å². The fraction of sp³-hybridized carbons (Fsp3) is 0.857. The molecule has 1 heterocycles. The van der Waals surface area contributed by atoms with Crippen molar-refractivity contribution in [1.82, 2.24) is 10.2 Å². The van der Waals surface area contributed by atoms with Crippen LogP contribution in [-0.2, 0) is 4.79 Å². The van der Waals surface area contributed by atoms with Gasteiger partial charge in [-0.15, -0.1) is 0 Å². The lowest BCUT2D eigenvalue weighted by molar-refractivity contribution is -0.142. The van der Waals surface area contributed by atoms with Gasteiger partial charge in [0, 0.05) is 13.1 Å². The van der Waals surface area contributed by atoms with Crippen molar-refractivity contribution in [2.45, 2.75) is 46.1 Å². The first-order chi connectivity index (χ1) is 8.79. The van der Waals surface area contributed by atoms with Crippen LogP contribution < -0.4 is 5.32 Å². The van der Waals surface area contributed by atoms with Crippen LogP contribution in [0.25, 0.3) is 0 Å². The van der Waals surface area contributed by atoms with Crippen molar-refractivity contribution >= 4 is 12.0 Å². The minimum atomic E-state index is -0.972. The Labute approximate surface area is 114 Å². The molecule has 2 aliphatic rings. The molecule has 0 radical (unpaired) electrons. The van der Waals surface area contributed by atoms with Crippen LogP contribution in [0.3, 0.4) is 0 Å². The van der Waals surface area contributed by atoms with E-state index >= 15 is 0 Å². The monoisotopic (exact) mass is 268 g/mol. The van der Waals surface area contributed by atoms with E-state index in [1.54, 1.807) is 4.90 Å².